The van der Waals surface area contributed by atoms with Gasteiger partial charge in [0.2, 0.25) is 0 Å². The van der Waals surface area contributed by atoms with E-state index in [0.717, 1.165) is 0 Å². The van der Waals surface area contributed by atoms with Gasteiger partial charge in [0.25, 0.3) is 5.91 Å². The molecule has 3 rings (SSSR count). The first-order valence-electron chi connectivity index (χ1n) is 7.32. The van der Waals surface area contributed by atoms with Gasteiger partial charge < -0.3 is 20.3 Å². The van der Waals surface area contributed by atoms with Crippen molar-refractivity contribution < 1.29 is 24.1 Å². The summed E-state index contributed by atoms with van der Waals surface area (Å²) in [6.07, 6.45) is 1.68. The fourth-order valence-electron chi connectivity index (χ4n) is 2.61. The lowest BCUT2D eigenvalue weighted by molar-refractivity contribution is -0.112. The van der Waals surface area contributed by atoms with E-state index in [9.17, 15) is 19.4 Å². The smallest absolute Gasteiger partial charge is 0.251 e. The molecule has 0 saturated carbocycles. The van der Waals surface area contributed by atoms with Crippen LogP contribution in [0.5, 0.6) is 0 Å². The van der Waals surface area contributed by atoms with E-state index < -0.39 is 30.4 Å². The molecule has 25 heavy (non-hydrogen) atoms. The topological polar surface area (TPSA) is 122 Å². The van der Waals surface area contributed by atoms with Gasteiger partial charge in [0, 0.05) is 11.8 Å². The summed E-state index contributed by atoms with van der Waals surface area (Å²) < 4.78 is 19.3. The highest BCUT2D eigenvalue weighted by atomic mass is 32.2. The van der Waals surface area contributed by atoms with Crippen molar-refractivity contribution in [2.45, 2.75) is 24.5 Å². The molecule has 4 atom stereocenters. The Morgan fingerprint density at radius 3 is 2.96 bits per heavy atom. The lowest BCUT2D eigenvalue weighted by Crippen LogP contribution is -2.32. The monoisotopic (exact) mass is 369 g/mol. The molecule has 11 heteroatoms. The number of thioether (sulfide) groups is 1. The number of nitrogens with one attached hydrogen (secondary N) is 1. The number of ether oxygens (including phenoxy) is 1. The number of nitrogens with zero attached hydrogens (tertiary/aromatic N) is 4. The maximum Gasteiger partial charge on any atom is 0.251 e. The zero-order valence-corrected chi connectivity index (χ0v) is 13.9. The Hall–Kier alpha value is -2.08. The summed E-state index contributed by atoms with van der Waals surface area (Å²) in [5, 5.41) is 22.8. The van der Waals surface area contributed by atoms with Crippen LogP contribution in [0.1, 0.15) is 6.23 Å². The first-order valence-corrected chi connectivity index (χ1v) is 8.72. The minimum absolute atomic E-state index is 0.0977. The van der Waals surface area contributed by atoms with Gasteiger partial charge in [0.05, 0.1) is 18.8 Å². The number of aliphatic hydroxyl groups is 2. The maximum atomic E-state index is 12.1. The van der Waals surface area contributed by atoms with Gasteiger partial charge in [-0.05, 0) is 6.26 Å². The van der Waals surface area contributed by atoms with E-state index in [-0.39, 0.29) is 17.7 Å². The number of rotatable bonds is 5. The number of amides is 1. The Balaban J connectivity index is 1.92. The van der Waals surface area contributed by atoms with Crippen molar-refractivity contribution in [1.29, 1.82) is 0 Å². The van der Waals surface area contributed by atoms with Crippen molar-refractivity contribution >= 4 is 34.7 Å². The Kier molecular flexibility index (Phi) is 5.27. The minimum atomic E-state index is -1.16. The fourth-order valence-corrected chi connectivity index (χ4v) is 3.21. The Morgan fingerprint density at radius 2 is 2.24 bits per heavy atom. The van der Waals surface area contributed by atoms with E-state index in [4.69, 9.17) is 4.74 Å². The summed E-state index contributed by atoms with van der Waals surface area (Å²) in [6, 6.07) is 0. The predicted molar refractivity (Wildman–Crippen MR) is 88.5 cm³/mol. The maximum absolute atomic E-state index is 12.1. The predicted octanol–water partition coefficient (Wildman–Crippen LogP) is 0.230. The molecule has 0 aliphatic carbocycles. The number of aliphatic hydroxyl groups excluding tert-OH is 2. The molecular weight excluding hydrogens is 353 g/mol. The van der Waals surface area contributed by atoms with Crippen molar-refractivity contribution in [2.24, 2.45) is 0 Å². The highest BCUT2D eigenvalue weighted by molar-refractivity contribution is 7.98. The molecule has 2 aromatic heterocycles. The average molecular weight is 369 g/mol. The van der Waals surface area contributed by atoms with Gasteiger partial charge in [0.1, 0.15) is 18.5 Å². The molecule has 3 heterocycles. The van der Waals surface area contributed by atoms with Crippen LogP contribution < -0.4 is 5.32 Å². The molecule has 1 amide bonds. The summed E-state index contributed by atoms with van der Waals surface area (Å²) in [4.78, 5) is 23.6. The Labute approximate surface area is 145 Å². The molecule has 1 fully saturated rings. The molecule has 0 spiro atoms. The highest BCUT2D eigenvalue weighted by Gasteiger charge is 2.44. The van der Waals surface area contributed by atoms with Gasteiger partial charge in [-0.25, -0.2) is 19.3 Å². The highest BCUT2D eigenvalue weighted by Crippen LogP contribution is 2.33. The van der Waals surface area contributed by atoms with Gasteiger partial charge in [-0.2, -0.15) is 11.8 Å². The summed E-state index contributed by atoms with van der Waals surface area (Å²) in [7, 11) is 0. The summed E-state index contributed by atoms with van der Waals surface area (Å²) in [5.41, 5.74) is 0.553. The number of hydrogen-bond acceptors (Lipinski definition) is 8. The molecule has 0 bridgehead atoms. The zero-order valence-electron chi connectivity index (χ0n) is 13.1. The average Bonchev–Trinajstić information content (AvgIpc) is 3.13. The van der Waals surface area contributed by atoms with Crippen LogP contribution in [0.2, 0.25) is 0 Å². The van der Waals surface area contributed by atoms with Gasteiger partial charge in [-0.15, -0.1) is 0 Å². The normalized spacial score (nSPS) is 26.6. The molecule has 2 aromatic rings. The van der Waals surface area contributed by atoms with Crippen molar-refractivity contribution in [1.82, 2.24) is 19.5 Å². The van der Waals surface area contributed by atoms with E-state index in [2.05, 4.69) is 20.3 Å². The molecule has 3 N–H and O–H groups in total. The van der Waals surface area contributed by atoms with E-state index >= 15 is 0 Å². The third-order valence-corrected chi connectivity index (χ3v) is 4.42. The Morgan fingerprint density at radius 1 is 1.44 bits per heavy atom. The molecule has 1 aliphatic heterocycles. The number of anilines is 1. The third kappa shape index (κ3) is 3.35. The molecular formula is C14H16FN5O4S. The number of hydrogen-bond donors (Lipinski definition) is 3. The summed E-state index contributed by atoms with van der Waals surface area (Å²) in [6.45, 7) is 0. The minimum Gasteiger partial charge on any atom is -0.387 e. The molecule has 0 aromatic carbocycles. The van der Waals surface area contributed by atoms with Crippen LogP contribution in [0.15, 0.2) is 25.1 Å². The molecule has 1 aliphatic rings. The third-order valence-electron chi connectivity index (χ3n) is 3.76. The number of carbonyl (C=O) groups excluding carboxylic acids is 1. The fraction of sp³-hybridized carbons (Fsp3) is 0.429. The van der Waals surface area contributed by atoms with Crippen LogP contribution in [0, 0.1) is 0 Å². The lowest BCUT2D eigenvalue weighted by atomic mass is 10.1. The van der Waals surface area contributed by atoms with Gasteiger partial charge >= 0.3 is 0 Å². The van der Waals surface area contributed by atoms with Crippen LogP contribution in [0.4, 0.5) is 10.2 Å². The number of carbonyl (C=O) groups is 1. The largest absolute Gasteiger partial charge is 0.387 e. The Bertz CT molecular complexity index is 801. The number of fused-ring (bicyclic) bond motifs is 1. The molecule has 0 unspecified atom stereocenters. The standard InChI is InChI=1S/C14H16FN5O4S/c1-25-4-7-10(22)11(23)14(24-7)20-6-18-9-12(16-5-17-13(9)20)19-8(21)2-3-15/h2-3,5-7,10-11,14,22-23H,4H2,1H3,(H,16,17,19,21)/b3-2+/t7-,10-,11-,14-/m1/s1. The second kappa shape index (κ2) is 7.44. The van der Waals surface area contributed by atoms with E-state index in [1.165, 1.54) is 29.0 Å². The zero-order chi connectivity index (χ0) is 18.0. The quantitative estimate of drug-likeness (QED) is 0.640. The van der Waals surface area contributed by atoms with E-state index in [0.29, 0.717) is 17.5 Å². The molecule has 134 valence electrons. The van der Waals surface area contributed by atoms with Gasteiger partial charge in [-0.3, -0.25) is 9.36 Å². The van der Waals surface area contributed by atoms with Crippen LogP contribution in [0.25, 0.3) is 11.2 Å². The first kappa shape index (κ1) is 17.7. The van der Waals surface area contributed by atoms with Gasteiger partial charge in [-0.1, -0.05) is 0 Å². The van der Waals surface area contributed by atoms with Crippen molar-refractivity contribution in [2.75, 3.05) is 17.3 Å². The van der Waals surface area contributed by atoms with E-state index in [1.54, 1.807) is 0 Å². The van der Waals surface area contributed by atoms with Crippen LogP contribution in [-0.4, -0.2) is 66.0 Å². The lowest BCUT2D eigenvalue weighted by Gasteiger charge is -2.16. The number of aromatic nitrogens is 4. The SMILES string of the molecule is CSC[C@H]1O[C@@H](n2cnc3c(NC(=O)/C=C/F)ncnc32)[C@H](O)[C@@H]1O. The van der Waals surface area contributed by atoms with Crippen LogP contribution >= 0.6 is 11.8 Å². The van der Waals surface area contributed by atoms with Gasteiger partial charge in [0.15, 0.2) is 23.2 Å². The van der Waals surface area contributed by atoms with Crippen molar-refractivity contribution in [3.63, 3.8) is 0 Å². The molecule has 9 nitrogen and oxygen atoms in total. The number of halogens is 1. The second-order valence-electron chi connectivity index (χ2n) is 5.33. The van der Waals surface area contributed by atoms with Crippen LogP contribution in [0.3, 0.4) is 0 Å². The van der Waals surface area contributed by atoms with E-state index in [1.807, 2.05) is 6.26 Å². The second-order valence-corrected chi connectivity index (χ2v) is 6.24. The first-order chi connectivity index (χ1) is 12.1. The number of imidazole rings is 1. The molecule has 0 radical (unpaired) electrons. The van der Waals surface area contributed by atoms with Crippen LogP contribution in [-0.2, 0) is 9.53 Å². The van der Waals surface area contributed by atoms with Crippen molar-refractivity contribution in [3.05, 3.63) is 25.1 Å². The summed E-state index contributed by atoms with van der Waals surface area (Å²) in [5.74, 6) is -0.0852. The molecule has 1 saturated heterocycles. The summed E-state index contributed by atoms with van der Waals surface area (Å²) >= 11 is 1.49. The van der Waals surface area contributed by atoms with Crippen molar-refractivity contribution in [3.8, 4) is 0 Å².